The molecule has 0 spiro atoms. The smallest absolute Gasteiger partial charge is 0.168 e. The number of hydrogen-bond acceptors (Lipinski definition) is 2. The van der Waals surface area contributed by atoms with E-state index in [2.05, 4.69) is 11.9 Å². The van der Waals surface area contributed by atoms with Gasteiger partial charge in [0, 0.05) is 6.20 Å². The first-order chi connectivity index (χ1) is 5.70. The SMILES string of the molecule is CCc1c(C)cnc(C=O)c1C. The number of pyridine rings is 1. The molecule has 0 unspecified atom stereocenters. The van der Waals surface area contributed by atoms with Crippen LogP contribution in [0, 0.1) is 13.8 Å². The van der Waals surface area contributed by atoms with Crippen molar-refractivity contribution in [3.05, 3.63) is 28.6 Å². The Morgan fingerprint density at radius 1 is 1.50 bits per heavy atom. The topological polar surface area (TPSA) is 30.0 Å². The van der Waals surface area contributed by atoms with Gasteiger partial charge in [-0.15, -0.1) is 0 Å². The van der Waals surface area contributed by atoms with Crippen LogP contribution >= 0.6 is 0 Å². The summed E-state index contributed by atoms with van der Waals surface area (Å²) in [7, 11) is 0. The normalized spacial score (nSPS) is 9.92. The van der Waals surface area contributed by atoms with Crippen LogP contribution in [0.4, 0.5) is 0 Å². The Balaban J connectivity index is 3.33. The van der Waals surface area contributed by atoms with Gasteiger partial charge in [0.15, 0.2) is 6.29 Å². The van der Waals surface area contributed by atoms with Crippen LogP contribution in [-0.4, -0.2) is 11.3 Å². The van der Waals surface area contributed by atoms with Gasteiger partial charge in [-0.25, -0.2) is 0 Å². The third-order valence-corrected chi connectivity index (χ3v) is 2.18. The lowest BCUT2D eigenvalue weighted by Crippen LogP contribution is -1.99. The van der Waals surface area contributed by atoms with Crippen LogP contribution in [0.25, 0.3) is 0 Å². The number of nitrogens with zero attached hydrogens (tertiary/aromatic N) is 1. The third kappa shape index (κ3) is 1.37. The molecule has 2 heteroatoms. The summed E-state index contributed by atoms with van der Waals surface area (Å²) >= 11 is 0. The molecule has 0 aromatic carbocycles. The average molecular weight is 163 g/mol. The molecule has 0 saturated heterocycles. The minimum Gasteiger partial charge on any atom is -0.296 e. The molecule has 0 amide bonds. The Morgan fingerprint density at radius 3 is 2.67 bits per heavy atom. The van der Waals surface area contributed by atoms with Crippen molar-refractivity contribution in [3.8, 4) is 0 Å². The molecular formula is C10H13NO. The molecule has 0 aliphatic carbocycles. The highest BCUT2D eigenvalue weighted by molar-refractivity contribution is 5.74. The maximum absolute atomic E-state index is 10.5. The Hall–Kier alpha value is -1.18. The Kier molecular flexibility index (Phi) is 2.58. The lowest BCUT2D eigenvalue weighted by Gasteiger charge is -2.07. The van der Waals surface area contributed by atoms with Crippen LogP contribution in [-0.2, 0) is 6.42 Å². The molecule has 0 fully saturated rings. The minimum absolute atomic E-state index is 0.567. The van der Waals surface area contributed by atoms with Gasteiger partial charge in [0.25, 0.3) is 0 Å². The molecule has 1 aromatic heterocycles. The summed E-state index contributed by atoms with van der Waals surface area (Å²) < 4.78 is 0. The predicted molar refractivity (Wildman–Crippen MR) is 48.5 cm³/mol. The average Bonchev–Trinajstić information content (AvgIpc) is 2.06. The second-order valence-corrected chi connectivity index (χ2v) is 2.90. The highest BCUT2D eigenvalue weighted by Gasteiger charge is 2.05. The van der Waals surface area contributed by atoms with Gasteiger partial charge in [-0.05, 0) is 37.0 Å². The van der Waals surface area contributed by atoms with Crippen LogP contribution in [0.5, 0.6) is 0 Å². The molecule has 0 aliphatic heterocycles. The van der Waals surface area contributed by atoms with Crippen LogP contribution in [0.1, 0.15) is 34.1 Å². The molecule has 0 radical (unpaired) electrons. The Bertz CT molecular complexity index is 305. The zero-order chi connectivity index (χ0) is 9.14. The lowest BCUT2D eigenvalue weighted by atomic mass is 10.0. The van der Waals surface area contributed by atoms with Crippen molar-refractivity contribution in [2.75, 3.05) is 0 Å². The Labute approximate surface area is 72.6 Å². The molecule has 0 atom stereocenters. The van der Waals surface area contributed by atoms with Crippen LogP contribution < -0.4 is 0 Å². The van der Waals surface area contributed by atoms with Gasteiger partial charge in [-0.3, -0.25) is 9.78 Å². The van der Waals surface area contributed by atoms with Gasteiger partial charge in [0.05, 0.1) is 0 Å². The first-order valence-corrected chi connectivity index (χ1v) is 4.11. The zero-order valence-electron chi connectivity index (χ0n) is 7.72. The number of carbonyl (C=O) groups excluding carboxylic acids is 1. The monoisotopic (exact) mass is 163 g/mol. The maximum Gasteiger partial charge on any atom is 0.168 e. The van der Waals surface area contributed by atoms with Crippen molar-refractivity contribution in [2.24, 2.45) is 0 Å². The van der Waals surface area contributed by atoms with Gasteiger partial charge in [-0.2, -0.15) is 0 Å². The number of aldehydes is 1. The fourth-order valence-electron chi connectivity index (χ4n) is 1.45. The molecule has 0 aliphatic rings. The van der Waals surface area contributed by atoms with Crippen molar-refractivity contribution in [1.82, 2.24) is 4.98 Å². The predicted octanol–water partition coefficient (Wildman–Crippen LogP) is 2.07. The molecule has 64 valence electrons. The summed E-state index contributed by atoms with van der Waals surface area (Å²) in [6.45, 7) is 6.06. The highest BCUT2D eigenvalue weighted by Crippen LogP contribution is 2.14. The largest absolute Gasteiger partial charge is 0.296 e. The number of aryl methyl sites for hydroxylation is 1. The standard InChI is InChI=1S/C10H13NO/c1-4-9-7(2)5-11-10(6-12)8(9)3/h5-6H,4H2,1-3H3. The summed E-state index contributed by atoms with van der Waals surface area (Å²) in [5.74, 6) is 0. The number of carbonyl (C=O) groups is 1. The lowest BCUT2D eigenvalue weighted by molar-refractivity contribution is 0.111. The van der Waals surface area contributed by atoms with Gasteiger partial charge >= 0.3 is 0 Å². The molecule has 1 rings (SSSR count). The fraction of sp³-hybridized carbons (Fsp3) is 0.400. The van der Waals surface area contributed by atoms with Crippen LogP contribution in [0.2, 0.25) is 0 Å². The van der Waals surface area contributed by atoms with E-state index >= 15 is 0 Å². The van der Waals surface area contributed by atoms with Crippen LogP contribution in [0.15, 0.2) is 6.20 Å². The molecule has 1 aromatic rings. The maximum atomic E-state index is 10.5. The van der Waals surface area contributed by atoms with Crippen molar-refractivity contribution in [2.45, 2.75) is 27.2 Å². The van der Waals surface area contributed by atoms with Crippen molar-refractivity contribution >= 4 is 6.29 Å². The number of rotatable bonds is 2. The van der Waals surface area contributed by atoms with Gasteiger partial charge < -0.3 is 0 Å². The van der Waals surface area contributed by atoms with E-state index in [1.807, 2.05) is 13.8 Å². The Morgan fingerprint density at radius 2 is 2.17 bits per heavy atom. The first-order valence-electron chi connectivity index (χ1n) is 4.11. The summed E-state index contributed by atoms with van der Waals surface area (Å²) in [6, 6.07) is 0. The van der Waals surface area contributed by atoms with Crippen molar-refractivity contribution in [1.29, 1.82) is 0 Å². The van der Waals surface area contributed by atoms with E-state index < -0.39 is 0 Å². The van der Waals surface area contributed by atoms with E-state index in [1.165, 1.54) is 11.1 Å². The summed E-state index contributed by atoms with van der Waals surface area (Å²) in [5.41, 5.74) is 4.00. The van der Waals surface area contributed by atoms with Crippen molar-refractivity contribution < 1.29 is 4.79 Å². The van der Waals surface area contributed by atoms with Crippen LogP contribution in [0.3, 0.4) is 0 Å². The van der Waals surface area contributed by atoms with E-state index in [1.54, 1.807) is 6.20 Å². The molecule has 2 nitrogen and oxygen atoms in total. The van der Waals surface area contributed by atoms with Gasteiger partial charge in [0.2, 0.25) is 0 Å². The molecule has 0 bridgehead atoms. The van der Waals surface area contributed by atoms with Crippen molar-refractivity contribution in [3.63, 3.8) is 0 Å². The fourth-order valence-corrected chi connectivity index (χ4v) is 1.45. The van der Waals surface area contributed by atoms with Gasteiger partial charge in [-0.1, -0.05) is 6.92 Å². The van der Waals surface area contributed by atoms with E-state index in [4.69, 9.17) is 0 Å². The second-order valence-electron chi connectivity index (χ2n) is 2.90. The molecule has 0 N–H and O–H groups in total. The quantitative estimate of drug-likeness (QED) is 0.625. The minimum atomic E-state index is 0.567. The van der Waals surface area contributed by atoms with E-state index in [9.17, 15) is 4.79 Å². The summed E-state index contributed by atoms with van der Waals surface area (Å²) in [4.78, 5) is 14.6. The molecule has 0 saturated carbocycles. The second kappa shape index (κ2) is 3.48. The first kappa shape index (κ1) is 8.91. The summed E-state index contributed by atoms with van der Waals surface area (Å²) in [6.07, 6.45) is 3.53. The third-order valence-electron chi connectivity index (χ3n) is 2.18. The van der Waals surface area contributed by atoms with Gasteiger partial charge in [0.1, 0.15) is 5.69 Å². The summed E-state index contributed by atoms with van der Waals surface area (Å²) in [5, 5.41) is 0. The van der Waals surface area contributed by atoms with E-state index in [0.29, 0.717) is 5.69 Å². The number of hydrogen-bond donors (Lipinski definition) is 0. The molecule has 12 heavy (non-hydrogen) atoms. The van der Waals surface area contributed by atoms with E-state index in [0.717, 1.165) is 18.3 Å². The zero-order valence-corrected chi connectivity index (χ0v) is 7.72. The highest BCUT2D eigenvalue weighted by atomic mass is 16.1. The molecular weight excluding hydrogens is 150 g/mol. The van der Waals surface area contributed by atoms with E-state index in [-0.39, 0.29) is 0 Å². The number of aromatic nitrogens is 1. The molecule has 1 heterocycles.